The van der Waals surface area contributed by atoms with Gasteiger partial charge in [-0.1, -0.05) is 24.3 Å². The van der Waals surface area contributed by atoms with Gasteiger partial charge in [-0.25, -0.2) is 4.39 Å². The van der Waals surface area contributed by atoms with Crippen LogP contribution in [0.15, 0.2) is 53.0 Å². The Morgan fingerprint density at radius 2 is 1.86 bits per heavy atom. The highest BCUT2D eigenvalue weighted by molar-refractivity contribution is 9.10. The Morgan fingerprint density at radius 1 is 1.19 bits per heavy atom. The van der Waals surface area contributed by atoms with Crippen LogP contribution in [0.3, 0.4) is 0 Å². The minimum atomic E-state index is -0.731. The Kier molecular flexibility index (Phi) is 5.47. The summed E-state index contributed by atoms with van der Waals surface area (Å²) in [5.74, 6) is -0.540. The van der Waals surface area contributed by atoms with E-state index in [2.05, 4.69) is 21.2 Å². The van der Waals surface area contributed by atoms with Gasteiger partial charge in [0.05, 0.1) is 11.7 Å². The molecule has 0 saturated carbocycles. The summed E-state index contributed by atoms with van der Waals surface area (Å²) in [6.07, 6.45) is -0.368. The van der Waals surface area contributed by atoms with E-state index in [1.807, 2.05) is 6.07 Å². The van der Waals surface area contributed by atoms with E-state index in [4.69, 9.17) is 0 Å². The highest BCUT2D eigenvalue weighted by Gasteiger charge is 2.11. The molecule has 0 aliphatic rings. The Hall–Kier alpha value is -1.72. The third kappa shape index (κ3) is 4.37. The van der Waals surface area contributed by atoms with Crippen molar-refractivity contribution >= 4 is 21.8 Å². The van der Waals surface area contributed by atoms with Gasteiger partial charge in [0, 0.05) is 11.0 Å². The molecule has 1 unspecified atom stereocenters. The van der Waals surface area contributed by atoms with Gasteiger partial charge >= 0.3 is 0 Å². The Balaban J connectivity index is 1.85. The zero-order valence-electron chi connectivity index (χ0n) is 11.2. The topological polar surface area (TPSA) is 49.3 Å². The molecular formula is C16H15BrFNO2. The Labute approximate surface area is 130 Å². The first-order chi connectivity index (χ1) is 10.1. The molecule has 2 aromatic rings. The van der Waals surface area contributed by atoms with Crippen molar-refractivity contribution in [2.24, 2.45) is 0 Å². The maximum atomic E-state index is 12.8. The van der Waals surface area contributed by atoms with Gasteiger partial charge in [0.2, 0.25) is 0 Å². The third-order valence-corrected chi connectivity index (χ3v) is 3.77. The van der Waals surface area contributed by atoms with Gasteiger partial charge in [0.1, 0.15) is 5.82 Å². The standard InChI is InChI=1S/C16H15BrFNO2/c17-14-4-2-1-3-13(14)16(21)19-10-9-15(20)11-5-7-12(18)8-6-11/h1-8,15,20H,9-10H2,(H,19,21). The van der Waals surface area contributed by atoms with Gasteiger partial charge in [-0.05, 0) is 52.2 Å². The minimum absolute atomic E-state index is 0.200. The van der Waals surface area contributed by atoms with Crippen molar-refractivity contribution in [2.45, 2.75) is 12.5 Å². The van der Waals surface area contributed by atoms with Crippen LogP contribution >= 0.6 is 15.9 Å². The summed E-state index contributed by atoms with van der Waals surface area (Å²) in [6, 6.07) is 12.8. The van der Waals surface area contributed by atoms with E-state index in [9.17, 15) is 14.3 Å². The lowest BCUT2D eigenvalue weighted by molar-refractivity contribution is 0.0942. The molecule has 110 valence electrons. The molecular weight excluding hydrogens is 337 g/mol. The molecule has 1 amide bonds. The fourth-order valence-electron chi connectivity index (χ4n) is 1.91. The number of aliphatic hydroxyl groups is 1. The molecule has 2 rings (SSSR count). The van der Waals surface area contributed by atoms with E-state index in [1.54, 1.807) is 18.2 Å². The molecule has 21 heavy (non-hydrogen) atoms. The number of amides is 1. The van der Waals surface area contributed by atoms with Gasteiger partial charge in [-0.3, -0.25) is 4.79 Å². The number of nitrogens with one attached hydrogen (secondary N) is 1. The average molecular weight is 352 g/mol. The molecule has 1 atom stereocenters. The molecule has 0 aliphatic heterocycles. The average Bonchev–Trinajstić information content (AvgIpc) is 2.48. The molecule has 0 aromatic heterocycles. The first-order valence-corrected chi connectivity index (χ1v) is 7.33. The van der Waals surface area contributed by atoms with Gasteiger partial charge < -0.3 is 10.4 Å². The molecule has 0 heterocycles. The lowest BCUT2D eigenvalue weighted by atomic mass is 10.1. The smallest absolute Gasteiger partial charge is 0.252 e. The second-order valence-electron chi connectivity index (χ2n) is 4.59. The number of rotatable bonds is 5. The van der Waals surface area contributed by atoms with Crippen LogP contribution < -0.4 is 5.32 Å². The monoisotopic (exact) mass is 351 g/mol. The molecule has 0 aliphatic carbocycles. The molecule has 2 aromatic carbocycles. The van der Waals surface area contributed by atoms with Crippen molar-refractivity contribution in [3.63, 3.8) is 0 Å². The summed E-state index contributed by atoms with van der Waals surface area (Å²) < 4.78 is 13.5. The maximum Gasteiger partial charge on any atom is 0.252 e. The first kappa shape index (κ1) is 15.7. The number of hydrogen-bond acceptors (Lipinski definition) is 2. The summed E-state index contributed by atoms with van der Waals surface area (Å²) in [7, 11) is 0. The van der Waals surface area contributed by atoms with E-state index in [1.165, 1.54) is 24.3 Å². The predicted molar refractivity (Wildman–Crippen MR) is 82.5 cm³/mol. The zero-order chi connectivity index (χ0) is 15.2. The second-order valence-corrected chi connectivity index (χ2v) is 5.45. The van der Waals surface area contributed by atoms with Crippen molar-refractivity contribution in [3.05, 3.63) is 69.9 Å². The fraction of sp³-hybridized carbons (Fsp3) is 0.188. The molecule has 0 bridgehead atoms. The van der Waals surface area contributed by atoms with Gasteiger partial charge in [0.25, 0.3) is 5.91 Å². The summed E-state index contributed by atoms with van der Waals surface area (Å²) in [4.78, 5) is 12.0. The van der Waals surface area contributed by atoms with Crippen LogP contribution in [0.4, 0.5) is 4.39 Å². The van der Waals surface area contributed by atoms with E-state index < -0.39 is 6.10 Å². The van der Waals surface area contributed by atoms with Gasteiger partial charge in [-0.2, -0.15) is 0 Å². The minimum Gasteiger partial charge on any atom is -0.388 e. The fourth-order valence-corrected chi connectivity index (χ4v) is 2.38. The molecule has 0 saturated heterocycles. The maximum absolute atomic E-state index is 12.8. The van der Waals surface area contributed by atoms with Crippen LogP contribution in [-0.2, 0) is 0 Å². The van der Waals surface area contributed by atoms with Gasteiger partial charge in [-0.15, -0.1) is 0 Å². The van der Waals surface area contributed by atoms with E-state index in [0.29, 0.717) is 24.1 Å². The number of aliphatic hydroxyl groups excluding tert-OH is 1. The summed E-state index contributed by atoms with van der Waals surface area (Å²) in [6.45, 7) is 0.332. The second kappa shape index (κ2) is 7.33. The van der Waals surface area contributed by atoms with Crippen molar-refractivity contribution < 1.29 is 14.3 Å². The summed E-state index contributed by atoms with van der Waals surface area (Å²) >= 11 is 3.32. The molecule has 5 heteroatoms. The number of halogens is 2. The lowest BCUT2D eigenvalue weighted by Crippen LogP contribution is -2.25. The highest BCUT2D eigenvalue weighted by atomic mass is 79.9. The van der Waals surface area contributed by atoms with Crippen molar-refractivity contribution in [1.82, 2.24) is 5.32 Å². The van der Waals surface area contributed by atoms with Crippen LogP contribution in [0.25, 0.3) is 0 Å². The van der Waals surface area contributed by atoms with Crippen molar-refractivity contribution in [2.75, 3.05) is 6.54 Å². The predicted octanol–water partition coefficient (Wildman–Crippen LogP) is 3.44. The van der Waals surface area contributed by atoms with Crippen LogP contribution in [0.2, 0.25) is 0 Å². The number of carbonyl (C=O) groups is 1. The van der Waals surface area contributed by atoms with Crippen LogP contribution in [0.1, 0.15) is 28.4 Å². The Morgan fingerprint density at radius 3 is 2.52 bits per heavy atom. The van der Waals surface area contributed by atoms with Crippen LogP contribution in [0, 0.1) is 5.82 Å². The third-order valence-electron chi connectivity index (χ3n) is 3.08. The van der Waals surface area contributed by atoms with E-state index in [-0.39, 0.29) is 11.7 Å². The molecule has 3 nitrogen and oxygen atoms in total. The number of hydrogen-bond donors (Lipinski definition) is 2. The van der Waals surface area contributed by atoms with E-state index >= 15 is 0 Å². The molecule has 0 spiro atoms. The summed E-state index contributed by atoms with van der Waals surface area (Å²) in [5, 5.41) is 12.7. The largest absolute Gasteiger partial charge is 0.388 e. The molecule has 0 fully saturated rings. The SMILES string of the molecule is O=C(NCCC(O)c1ccc(F)cc1)c1ccccc1Br. The van der Waals surface area contributed by atoms with Crippen LogP contribution in [0.5, 0.6) is 0 Å². The van der Waals surface area contributed by atoms with E-state index in [0.717, 1.165) is 4.47 Å². The Bertz CT molecular complexity index is 616. The zero-order valence-corrected chi connectivity index (χ0v) is 12.8. The number of carbonyl (C=O) groups excluding carboxylic acids is 1. The van der Waals surface area contributed by atoms with Gasteiger partial charge in [0.15, 0.2) is 0 Å². The van der Waals surface area contributed by atoms with Crippen molar-refractivity contribution in [3.8, 4) is 0 Å². The normalized spacial score (nSPS) is 12.0. The summed E-state index contributed by atoms with van der Waals surface area (Å²) in [5.41, 5.74) is 1.18. The number of benzene rings is 2. The van der Waals surface area contributed by atoms with Crippen LogP contribution in [-0.4, -0.2) is 17.6 Å². The molecule has 2 N–H and O–H groups in total. The molecule has 0 radical (unpaired) electrons. The first-order valence-electron chi connectivity index (χ1n) is 6.54. The van der Waals surface area contributed by atoms with Crippen molar-refractivity contribution in [1.29, 1.82) is 0 Å². The quantitative estimate of drug-likeness (QED) is 0.866. The lowest BCUT2D eigenvalue weighted by Gasteiger charge is -2.12. The highest BCUT2D eigenvalue weighted by Crippen LogP contribution is 2.17.